The van der Waals surface area contributed by atoms with Gasteiger partial charge < -0.3 is 24.4 Å². The normalized spacial score (nSPS) is 13.4. The smallest absolute Gasteiger partial charge is 0.302 e. The second-order valence-corrected chi connectivity index (χ2v) is 8.93. The van der Waals surface area contributed by atoms with Crippen LogP contribution in [-0.4, -0.2) is 54.1 Å². The molecule has 0 unspecified atom stereocenters. The van der Waals surface area contributed by atoms with Crippen LogP contribution in [0.4, 0.5) is 0 Å². The van der Waals surface area contributed by atoms with Gasteiger partial charge in [0.25, 0.3) is 0 Å². The van der Waals surface area contributed by atoms with Crippen molar-refractivity contribution in [3.05, 3.63) is 57.6 Å². The first-order valence-electron chi connectivity index (χ1n) is 9.95. The van der Waals surface area contributed by atoms with Crippen LogP contribution in [0, 0.1) is 0 Å². The van der Waals surface area contributed by atoms with Crippen LogP contribution in [0.1, 0.15) is 31.9 Å². The van der Waals surface area contributed by atoms with Gasteiger partial charge >= 0.3 is 5.97 Å². The van der Waals surface area contributed by atoms with E-state index in [1.54, 1.807) is 24.3 Å². The van der Waals surface area contributed by atoms with Crippen LogP contribution in [0.3, 0.4) is 0 Å². The van der Waals surface area contributed by atoms with E-state index in [4.69, 9.17) is 49.0 Å². The molecule has 0 saturated heterocycles. The van der Waals surface area contributed by atoms with Gasteiger partial charge in [0.05, 0.1) is 15.9 Å². The predicted octanol–water partition coefficient (Wildman–Crippen LogP) is 4.60. The van der Waals surface area contributed by atoms with Gasteiger partial charge in [-0.1, -0.05) is 49.2 Å². The highest BCUT2D eigenvalue weighted by atomic mass is 35.5. The van der Waals surface area contributed by atoms with Gasteiger partial charge in [0, 0.05) is 12.3 Å². The molecular weight excluding hydrogens is 479 g/mol. The van der Waals surface area contributed by atoms with Crippen LogP contribution in [0.15, 0.2) is 36.4 Å². The molecule has 0 spiro atoms. The summed E-state index contributed by atoms with van der Waals surface area (Å²) < 4.78 is 15.8. The minimum absolute atomic E-state index is 0.00110. The zero-order valence-corrected chi connectivity index (χ0v) is 20.4. The van der Waals surface area contributed by atoms with E-state index in [1.807, 2.05) is 26.0 Å². The molecule has 32 heavy (non-hydrogen) atoms. The van der Waals surface area contributed by atoms with Gasteiger partial charge in [0.1, 0.15) is 37.8 Å². The summed E-state index contributed by atoms with van der Waals surface area (Å²) in [5.41, 5.74) is 1.43. The molecule has 0 fully saturated rings. The first kappa shape index (κ1) is 26.6. The van der Waals surface area contributed by atoms with Crippen molar-refractivity contribution >= 4 is 40.8 Å². The second-order valence-electron chi connectivity index (χ2n) is 7.80. The maximum atomic E-state index is 10.8. The number of halogens is 3. The number of alkyl halides is 1. The third-order valence-corrected chi connectivity index (χ3v) is 5.73. The monoisotopic (exact) mass is 504 g/mol. The van der Waals surface area contributed by atoms with Gasteiger partial charge in [-0.3, -0.25) is 4.79 Å². The Labute approximate surface area is 203 Å². The van der Waals surface area contributed by atoms with E-state index < -0.39 is 23.6 Å². The minimum Gasteiger partial charge on any atom is -0.491 e. The average Bonchev–Trinajstić information content (AvgIpc) is 2.75. The molecule has 0 saturated carbocycles. The lowest BCUT2D eigenvalue weighted by molar-refractivity contribution is -0.144. The Balaban J connectivity index is 2.10. The molecule has 2 aromatic rings. The fourth-order valence-corrected chi connectivity index (χ4v) is 3.56. The summed E-state index contributed by atoms with van der Waals surface area (Å²) >= 11 is 18.4. The van der Waals surface area contributed by atoms with E-state index in [9.17, 15) is 15.0 Å². The molecular formula is C23H27Cl3O6. The van der Waals surface area contributed by atoms with Crippen molar-refractivity contribution in [1.29, 1.82) is 0 Å². The summed E-state index contributed by atoms with van der Waals surface area (Å²) in [5.74, 6) is 0.464. The van der Waals surface area contributed by atoms with Gasteiger partial charge in [0.2, 0.25) is 0 Å². The largest absolute Gasteiger partial charge is 0.491 e. The number of esters is 1. The maximum Gasteiger partial charge on any atom is 0.302 e. The van der Waals surface area contributed by atoms with Crippen LogP contribution in [-0.2, 0) is 14.9 Å². The number of hydrogen-bond acceptors (Lipinski definition) is 6. The highest BCUT2D eigenvalue weighted by molar-refractivity contribution is 6.37. The fourth-order valence-electron chi connectivity index (χ4n) is 2.87. The molecule has 0 heterocycles. The Morgan fingerprint density at radius 3 is 2.03 bits per heavy atom. The second kappa shape index (κ2) is 12.0. The standard InChI is InChI=1S/C23H27Cl3O6/c1-14(27)30-12-18(29)13-31-19-6-4-15(5-7-19)23(2,3)16-8-20(25)22(21(26)9-16)32-11-17(28)10-24/h4-9,17-18,28-29H,10-13H2,1-3H3/t17-,18+/m1/s1. The SMILES string of the molecule is CC(=O)OC[C@H](O)COc1ccc(C(C)(C)c2cc(Cl)c(OC[C@H](O)CCl)c(Cl)c2)cc1. The number of ether oxygens (including phenoxy) is 3. The van der Waals surface area contributed by atoms with Crippen LogP contribution in [0.5, 0.6) is 11.5 Å². The summed E-state index contributed by atoms with van der Waals surface area (Å²) in [4.78, 5) is 10.8. The average molecular weight is 506 g/mol. The lowest BCUT2D eigenvalue weighted by atomic mass is 9.78. The van der Waals surface area contributed by atoms with Gasteiger partial charge in [-0.15, -0.1) is 11.6 Å². The molecule has 2 atom stereocenters. The number of aliphatic hydroxyl groups is 2. The Hall–Kier alpha value is -1.70. The molecule has 2 aromatic carbocycles. The molecule has 2 N–H and O–H groups in total. The first-order chi connectivity index (χ1) is 15.0. The van der Waals surface area contributed by atoms with Gasteiger partial charge in [-0.2, -0.15) is 0 Å². The number of rotatable bonds is 11. The molecule has 2 rings (SSSR count). The molecule has 9 heteroatoms. The van der Waals surface area contributed by atoms with E-state index >= 15 is 0 Å². The summed E-state index contributed by atoms with van der Waals surface area (Å²) in [7, 11) is 0. The summed E-state index contributed by atoms with van der Waals surface area (Å²) in [6.07, 6.45) is -1.73. The molecule has 0 aliphatic heterocycles. The number of hydrogen-bond donors (Lipinski definition) is 2. The van der Waals surface area contributed by atoms with Crippen molar-refractivity contribution in [2.45, 2.75) is 38.4 Å². The number of aliphatic hydroxyl groups excluding tert-OH is 2. The minimum atomic E-state index is -0.911. The van der Waals surface area contributed by atoms with Crippen molar-refractivity contribution in [2.75, 3.05) is 25.7 Å². The lowest BCUT2D eigenvalue weighted by Gasteiger charge is -2.27. The van der Waals surface area contributed by atoms with Crippen molar-refractivity contribution < 1.29 is 29.2 Å². The van der Waals surface area contributed by atoms with Crippen LogP contribution in [0.25, 0.3) is 0 Å². The number of benzene rings is 2. The van der Waals surface area contributed by atoms with E-state index in [0.29, 0.717) is 21.5 Å². The molecule has 0 radical (unpaired) electrons. The van der Waals surface area contributed by atoms with E-state index in [0.717, 1.165) is 11.1 Å². The number of carbonyl (C=O) groups is 1. The summed E-state index contributed by atoms with van der Waals surface area (Å²) in [6, 6.07) is 11.0. The highest BCUT2D eigenvalue weighted by Gasteiger charge is 2.26. The lowest BCUT2D eigenvalue weighted by Crippen LogP contribution is -2.24. The molecule has 0 aliphatic carbocycles. The van der Waals surface area contributed by atoms with Crippen LogP contribution < -0.4 is 9.47 Å². The maximum absolute atomic E-state index is 10.8. The van der Waals surface area contributed by atoms with Gasteiger partial charge in [0.15, 0.2) is 5.75 Å². The van der Waals surface area contributed by atoms with Crippen molar-refractivity contribution in [2.24, 2.45) is 0 Å². The van der Waals surface area contributed by atoms with Crippen molar-refractivity contribution in [3.8, 4) is 11.5 Å². The summed E-state index contributed by atoms with van der Waals surface area (Å²) in [5, 5.41) is 20.1. The Kier molecular flexibility index (Phi) is 9.92. The fraction of sp³-hybridized carbons (Fsp3) is 0.435. The molecule has 0 aromatic heterocycles. The van der Waals surface area contributed by atoms with Crippen molar-refractivity contribution in [3.63, 3.8) is 0 Å². The van der Waals surface area contributed by atoms with E-state index in [-0.39, 0.29) is 25.7 Å². The van der Waals surface area contributed by atoms with Gasteiger partial charge in [-0.05, 0) is 35.4 Å². The topological polar surface area (TPSA) is 85.2 Å². The predicted molar refractivity (Wildman–Crippen MR) is 125 cm³/mol. The Bertz CT molecular complexity index is 878. The zero-order chi connectivity index (χ0) is 23.9. The Morgan fingerprint density at radius 2 is 1.50 bits per heavy atom. The molecule has 0 amide bonds. The van der Waals surface area contributed by atoms with Crippen LogP contribution >= 0.6 is 34.8 Å². The van der Waals surface area contributed by atoms with E-state index in [1.165, 1.54) is 6.92 Å². The molecule has 6 nitrogen and oxygen atoms in total. The molecule has 0 bridgehead atoms. The quantitative estimate of drug-likeness (QED) is 0.343. The Morgan fingerprint density at radius 1 is 0.938 bits per heavy atom. The third-order valence-electron chi connectivity index (χ3n) is 4.82. The third kappa shape index (κ3) is 7.42. The van der Waals surface area contributed by atoms with Gasteiger partial charge in [-0.25, -0.2) is 0 Å². The zero-order valence-electron chi connectivity index (χ0n) is 18.1. The van der Waals surface area contributed by atoms with Crippen molar-refractivity contribution in [1.82, 2.24) is 0 Å². The first-order valence-corrected chi connectivity index (χ1v) is 11.2. The molecule has 176 valence electrons. The summed E-state index contributed by atoms with van der Waals surface area (Å²) in [6.45, 7) is 5.22. The molecule has 0 aliphatic rings. The number of carbonyl (C=O) groups excluding carboxylic acids is 1. The highest BCUT2D eigenvalue weighted by Crippen LogP contribution is 2.40. The van der Waals surface area contributed by atoms with Crippen LogP contribution in [0.2, 0.25) is 10.0 Å². The van der Waals surface area contributed by atoms with E-state index in [2.05, 4.69) is 0 Å².